The first-order valence-corrected chi connectivity index (χ1v) is 6.42. The maximum atomic E-state index is 13.5. The number of ether oxygens (including phenoxy) is 1. The van der Waals surface area contributed by atoms with E-state index >= 15 is 0 Å². The molecular formula is C14H18FNO3. The molecule has 0 saturated carbocycles. The van der Waals surface area contributed by atoms with Crippen LogP contribution in [-0.4, -0.2) is 54.7 Å². The third kappa shape index (κ3) is 3.59. The molecule has 1 aromatic carbocycles. The molecule has 1 atom stereocenters. The zero-order valence-electron chi connectivity index (χ0n) is 10.7. The first-order valence-electron chi connectivity index (χ1n) is 6.42. The minimum atomic E-state index is -0.479. The van der Waals surface area contributed by atoms with E-state index in [4.69, 9.17) is 4.74 Å². The van der Waals surface area contributed by atoms with Gasteiger partial charge in [-0.05, 0) is 12.1 Å². The molecule has 1 aliphatic heterocycles. The molecular weight excluding hydrogens is 249 g/mol. The molecule has 104 valence electrons. The number of aliphatic hydroxyl groups is 1. The maximum Gasteiger partial charge on any atom is 0.167 e. The molecule has 0 spiro atoms. The number of carbonyl (C=O) groups is 1. The SMILES string of the molecule is O=C(CCN1CCOCC1CO)c1ccccc1F. The van der Waals surface area contributed by atoms with Gasteiger partial charge in [0.05, 0.1) is 31.4 Å². The fourth-order valence-electron chi connectivity index (χ4n) is 2.22. The summed E-state index contributed by atoms with van der Waals surface area (Å²) < 4.78 is 18.7. The van der Waals surface area contributed by atoms with Crippen LogP contribution >= 0.6 is 0 Å². The Labute approximate surface area is 111 Å². The summed E-state index contributed by atoms with van der Waals surface area (Å²) in [5, 5.41) is 9.22. The van der Waals surface area contributed by atoms with Gasteiger partial charge in [0.25, 0.3) is 0 Å². The molecule has 5 heteroatoms. The molecule has 0 bridgehead atoms. The Balaban J connectivity index is 1.91. The Morgan fingerprint density at radius 2 is 2.26 bits per heavy atom. The third-order valence-electron chi connectivity index (χ3n) is 3.36. The molecule has 0 aliphatic carbocycles. The van der Waals surface area contributed by atoms with Crippen molar-refractivity contribution in [1.29, 1.82) is 0 Å². The zero-order valence-corrected chi connectivity index (χ0v) is 10.7. The topological polar surface area (TPSA) is 49.8 Å². The highest BCUT2D eigenvalue weighted by Gasteiger charge is 2.23. The van der Waals surface area contributed by atoms with E-state index in [1.165, 1.54) is 12.1 Å². The summed E-state index contributed by atoms with van der Waals surface area (Å²) in [7, 11) is 0. The minimum absolute atomic E-state index is 0.00783. The van der Waals surface area contributed by atoms with Crippen LogP contribution in [0.4, 0.5) is 4.39 Å². The lowest BCUT2D eigenvalue weighted by Crippen LogP contribution is -2.48. The molecule has 1 aliphatic rings. The van der Waals surface area contributed by atoms with Gasteiger partial charge in [-0.3, -0.25) is 9.69 Å². The second kappa shape index (κ2) is 6.75. The lowest BCUT2D eigenvalue weighted by molar-refractivity contribution is -0.0270. The van der Waals surface area contributed by atoms with E-state index in [-0.39, 0.29) is 30.4 Å². The van der Waals surface area contributed by atoms with E-state index in [1.54, 1.807) is 12.1 Å². The van der Waals surface area contributed by atoms with Crippen molar-refractivity contribution in [3.8, 4) is 0 Å². The number of nitrogens with zero attached hydrogens (tertiary/aromatic N) is 1. The fraction of sp³-hybridized carbons (Fsp3) is 0.500. The van der Waals surface area contributed by atoms with Gasteiger partial charge in [-0.1, -0.05) is 12.1 Å². The van der Waals surface area contributed by atoms with Crippen LogP contribution in [0.1, 0.15) is 16.8 Å². The monoisotopic (exact) mass is 267 g/mol. The van der Waals surface area contributed by atoms with Gasteiger partial charge in [-0.25, -0.2) is 4.39 Å². The van der Waals surface area contributed by atoms with Crippen LogP contribution in [0.3, 0.4) is 0 Å². The van der Waals surface area contributed by atoms with Gasteiger partial charge in [0.1, 0.15) is 5.82 Å². The zero-order chi connectivity index (χ0) is 13.7. The summed E-state index contributed by atoms with van der Waals surface area (Å²) in [5.74, 6) is -0.686. The van der Waals surface area contributed by atoms with Crippen molar-refractivity contribution in [3.05, 3.63) is 35.6 Å². The summed E-state index contributed by atoms with van der Waals surface area (Å²) in [5.41, 5.74) is 0.135. The normalized spacial score (nSPS) is 20.4. The summed E-state index contributed by atoms with van der Waals surface area (Å²) in [4.78, 5) is 14.0. The van der Waals surface area contributed by atoms with E-state index < -0.39 is 5.82 Å². The number of aliphatic hydroxyl groups excluding tert-OH is 1. The highest BCUT2D eigenvalue weighted by molar-refractivity contribution is 5.96. The Kier molecular flexibility index (Phi) is 5.01. The van der Waals surface area contributed by atoms with Crippen LogP contribution in [-0.2, 0) is 4.74 Å². The molecule has 1 fully saturated rings. The van der Waals surface area contributed by atoms with Crippen molar-refractivity contribution < 1.29 is 19.0 Å². The van der Waals surface area contributed by atoms with Crippen molar-refractivity contribution in [3.63, 3.8) is 0 Å². The Bertz CT molecular complexity index is 438. The van der Waals surface area contributed by atoms with Crippen molar-refractivity contribution >= 4 is 5.78 Å². The first kappa shape index (κ1) is 14.1. The van der Waals surface area contributed by atoms with Crippen molar-refractivity contribution in [2.24, 2.45) is 0 Å². The van der Waals surface area contributed by atoms with Crippen LogP contribution in [0.2, 0.25) is 0 Å². The first-order chi connectivity index (χ1) is 9.22. The average molecular weight is 267 g/mol. The summed E-state index contributed by atoms with van der Waals surface area (Å²) in [6, 6.07) is 5.94. The van der Waals surface area contributed by atoms with Gasteiger partial charge in [0.15, 0.2) is 5.78 Å². The second-order valence-corrected chi connectivity index (χ2v) is 4.60. The van der Waals surface area contributed by atoms with Gasteiger partial charge in [0, 0.05) is 19.5 Å². The van der Waals surface area contributed by atoms with E-state index in [2.05, 4.69) is 0 Å². The predicted molar refractivity (Wildman–Crippen MR) is 68.6 cm³/mol. The fourth-order valence-corrected chi connectivity index (χ4v) is 2.22. The summed E-state index contributed by atoms with van der Waals surface area (Å²) in [6.07, 6.45) is 0.247. The lowest BCUT2D eigenvalue weighted by Gasteiger charge is -2.34. The highest BCUT2D eigenvalue weighted by Crippen LogP contribution is 2.12. The summed E-state index contributed by atoms with van der Waals surface area (Å²) in [6.45, 7) is 2.29. The molecule has 1 saturated heterocycles. The number of carbonyl (C=O) groups excluding carboxylic acids is 1. The van der Waals surface area contributed by atoms with Crippen molar-refractivity contribution in [1.82, 2.24) is 4.90 Å². The average Bonchev–Trinajstić information content (AvgIpc) is 2.45. The Morgan fingerprint density at radius 1 is 1.47 bits per heavy atom. The molecule has 1 N–H and O–H groups in total. The molecule has 0 radical (unpaired) electrons. The van der Waals surface area contributed by atoms with E-state index in [0.717, 1.165) is 0 Å². The highest BCUT2D eigenvalue weighted by atomic mass is 19.1. The Hall–Kier alpha value is -1.30. The van der Waals surface area contributed by atoms with Crippen molar-refractivity contribution in [2.75, 3.05) is 32.9 Å². The van der Waals surface area contributed by atoms with Crippen molar-refractivity contribution in [2.45, 2.75) is 12.5 Å². The predicted octanol–water partition coefficient (Wildman–Crippen LogP) is 1.09. The minimum Gasteiger partial charge on any atom is -0.395 e. The molecule has 0 aromatic heterocycles. The molecule has 2 rings (SSSR count). The number of Topliss-reactive ketones (excluding diaryl/α,β-unsaturated/α-hetero) is 1. The van der Waals surface area contributed by atoms with Gasteiger partial charge < -0.3 is 9.84 Å². The molecule has 4 nitrogen and oxygen atoms in total. The second-order valence-electron chi connectivity index (χ2n) is 4.60. The smallest absolute Gasteiger partial charge is 0.167 e. The van der Waals surface area contributed by atoms with E-state index in [1.807, 2.05) is 4.90 Å². The quantitative estimate of drug-likeness (QED) is 0.811. The summed E-state index contributed by atoms with van der Waals surface area (Å²) >= 11 is 0. The Morgan fingerprint density at radius 3 is 3.00 bits per heavy atom. The molecule has 1 unspecified atom stereocenters. The number of hydrogen-bond acceptors (Lipinski definition) is 4. The molecule has 0 amide bonds. The van der Waals surface area contributed by atoms with Gasteiger partial charge in [-0.2, -0.15) is 0 Å². The van der Waals surface area contributed by atoms with Gasteiger partial charge in [0.2, 0.25) is 0 Å². The van der Waals surface area contributed by atoms with Gasteiger partial charge >= 0.3 is 0 Å². The van der Waals surface area contributed by atoms with Crippen LogP contribution < -0.4 is 0 Å². The molecule has 1 aromatic rings. The van der Waals surface area contributed by atoms with E-state index in [0.29, 0.717) is 26.3 Å². The number of rotatable bonds is 5. The van der Waals surface area contributed by atoms with E-state index in [9.17, 15) is 14.3 Å². The number of hydrogen-bond donors (Lipinski definition) is 1. The largest absolute Gasteiger partial charge is 0.395 e. The lowest BCUT2D eigenvalue weighted by atomic mass is 10.1. The van der Waals surface area contributed by atoms with Crippen LogP contribution in [0.5, 0.6) is 0 Å². The van der Waals surface area contributed by atoms with Crippen LogP contribution in [0, 0.1) is 5.82 Å². The number of halogens is 1. The maximum absolute atomic E-state index is 13.5. The molecule has 1 heterocycles. The van der Waals surface area contributed by atoms with Crippen LogP contribution in [0.15, 0.2) is 24.3 Å². The van der Waals surface area contributed by atoms with Crippen LogP contribution in [0.25, 0.3) is 0 Å². The number of ketones is 1. The number of morpholine rings is 1. The number of benzene rings is 1. The van der Waals surface area contributed by atoms with Gasteiger partial charge in [-0.15, -0.1) is 0 Å². The molecule has 19 heavy (non-hydrogen) atoms. The standard InChI is InChI=1S/C14H18FNO3/c15-13-4-2-1-3-12(13)14(18)5-6-16-7-8-19-10-11(16)9-17/h1-4,11,17H,5-10H2. The third-order valence-corrected chi connectivity index (χ3v) is 3.36.